The number of nitrogens with zero attached hydrogens (tertiary/aromatic N) is 1. The number of oxazole rings is 1. The molecule has 0 spiro atoms. The maximum Gasteiger partial charge on any atom is 0.376 e. The summed E-state index contributed by atoms with van der Waals surface area (Å²) in [6.45, 7) is 4.11. The zero-order chi connectivity index (χ0) is 12.3. The van der Waals surface area contributed by atoms with Crippen LogP contribution in [-0.4, -0.2) is 17.6 Å². The monoisotopic (exact) mass is 237 g/mol. The second kappa shape index (κ2) is 5.34. The van der Waals surface area contributed by atoms with Gasteiger partial charge in [0.25, 0.3) is 0 Å². The maximum atomic E-state index is 11.7. The van der Waals surface area contributed by atoms with E-state index in [4.69, 9.17) is 9.15 Å². The lowest BCUT2D eigenvalue weighted by molar-refractivity contribution is 0.0485. The Kier molecular flexibility index (Phi) is 3.82. The van der Waals surface area contributed by atoms with Crippen molar-refractivity contribution in [3.63, 3.8) is 0 Å². The van der Waals surface area contributed by atoms with E-state index in [1.807, 2.05) is 6.92 Å². The molecule has 0 N–H and O–H groups in total. The molecule has 0 aliphatic heterocycles. The largest absolute Gasteiger partial charge is 0.460 e. The van der Waals surface area contributed by atoms with Crippen LogP contribution in [0.3, 0.4) is 0 Å². The van der Waals surface area contributed by atoms with Crippen molar-refractivity contribution in [2.75, 3.05) is 6.61 Å². The van der Waals surface area contributed by atoms with Gasteiger partial charge in [0, 0.05) is 6.42 Å². The molecule has 17 heavy (non-hydrogen) atoms. The molecule has 94 valence electrons. The molecule has 4 nitrogen and oxygen atoms in total. The number of hydrogen-bond acceptors (Lipinski definition) is 4. The molecule has 0 saturated heterocycles. The van der Waals surface area contributed by atoms with Crippen molar-refractivity contribution in [1.82, 2.24) is 4.98 Å². The highest BCUT2D eigenvalue weighted by atomic mass is 16.5. The highest BCUT2D eigenvalue weighted by Gasteiger charge is 2.24. The molecular formula is C13H19NO3. The van der Waals surface area contributed by atoms with Gasteiger partial charge in [0.05, 0.1) is 12.3 Å². The molecule has 1 aromatic rings. The van der Waals surface area contributed by atoms with Crippen LogP contribution in [0.25, 0.3) is 0 Å². The Balaban J connectivity index is 2.10. The van der Waals surface area contributed by atoms with E-state index in [2.05, 4.69) is 4.98 Å². The molecule has 1 fully saturated rings. The first-order chi connectivity index (χ1) is 8.24. The van der Waals surface area contributed by atoms with Crippen LogP contribution in [0.1, 0.15) is 55.2 Å². The fourth-order valence-electron chi connectivity index (χ4n) is 2.03. The molecule has 1 aromatic heterocycles. The van der Waals surface area contributed by atoms with Gasteiger partial charge in [0.2, 0.25) is 5.76 Å². The summed E-state index contributed by atoms with van der Waals surface area (Å²) in [4.78, 5) is 16.0. The van der Waals surface area contributed by atoms with E-state index in [0.717, 1.165) is 12.1 Å². The molecule has 1 heterocycles. The average Bonchev–Trinajstić information content (AvgIpc) is 2.67. The van der Waals surface area contributed by atoms with Crippen molar-refractivity contribution >= 4 is 5.97 Å². The van der Waals surface area contributed by atoms with Crippen LogP contribution in [0, 0.1) is 5.92 Å². The Morgan fingerprint density at radius 3 is 2.76 bits per heavy atom. The third kappa shape index (κ3) is 2.68. The number of rotatable bonds is 5. The van der Waals surface area contributed by atoms with Gasteiger partial charge in [-0.15, -0.1) is 0 Å². The summed E-state index contributed by atoms with van der Waals surface area (Å²) in [5.41, 5.74) is 0.720. The van der Waals surface area contributed by atoms with Crippen molar-refractivity contribution in [3.8, 4) is 0 Å². The molecule has 0 aromatic carbocycles. The zero-order valence-electron chi connectivity index (χ0n) is 10.5. The predicted octanol–water partition coefficient (Wildman–Crippen LogP) is 2.76. The van der Waals surface area contributed by atoms with Crippen molar-refractivity contribution in [2.45, 2.75) is 46.0 Å². The molecule has 1 saturated carbocycles. The molecule has 0 amide bonds. The quantitative estimate of drug-likeness (QED) is 0.739. The fraction of sp³-hybridized carbons (Fsp3) is 0.692. The lowest BCUT2D eigenvalue weighted by Crippen LogP contribution is -2.13. The van der Waals surface area contributed by atoms with E-state index in [0.29, 0.717) is 30.6 Å². The number of ether oxygens (including phenoxy) is 1. The van der Waals surface area contributed by atoms with Gasteiger partial charge in [-0.25, -0.2) is 9.78 Å². The van der Waals surface area contributed by atoms with E-state index >= 15 is 0 Å². The van der Waals surface area contributed by atoms with Gasteiger partial charge in [0.15, 0.2) is 5.89 Å². The molecular weight excluding hydrogens is 218 g/mol. The van der Waals surface area contributed by atoms with Gasteiger partial charge in [-0.1, -0.05) is 13.3 Å². The number of esters is 1. The van der Waals surface area contributed by atoms with Crippen molar-refractivity contribution < 1.29 is 13.9 Å². The maximum absolute atomic E-state index is 11.7. The van der Waals surface area contributed by atoms with Gasteiger partial charge >= 0.3 is 5.97 Å². The molecule has 2 rings (SSSR count). The first kappa shape index (κ1) is 12.1. The number of carbonyl (C=O) groups is 1. The van der Waals surface area contributed by atoms with Crippen LogP contribution in [0.5, 0.6) is 0 Å². The van der Waals surface area contributed by atoms with Crippen molar-refractivity contribution in [1.29, 1.82) is 0 Å². The number of aryl methyl sites for hydroxylation is 1. The minimum Gasteiger partial charge on any atom is -0.460 e. The topological polar surface area (TPSA) is 52.3 Å². The van der Waals surface area contributed by atoms with Gasteiger partial charge < -0.3 is 9.15 Å². The Hall–Kier alpha value is -1.32. The molecule has 4 heteroatoms. The van der Waals surface area contributed by atoms with Crippen molar-refractivity contribution in [2.24, 2.45) is 5.92 Å². The van der Waals surface area contributed by atoms with Crippen LogP contribution >= 0.6 is 0 Å². The summed E-state index contributed by atoms with van der Waals surface area (Å²) in [7, 11) is 0. The third-order valence-electron chi connectivity index (χ3n) is 3.23. The highest BCUT2D eigenvalue weighted by Crippen LogP contribution is 2.30. The SMILES string of the molecule is CCOC(=O)c1oc(CC2CCC2)nc1CC. The van der Waals surface area contributed by atoms with Crippen LogP contribution in [-0.2, 0) is 17.6 Å². The second-order valence-electron chi connectivity index (χ2n) is 4.46. The number of hydrogen-bond donors (Lipinski definition) is 0. The van der Waals surface area contributed by atoms with E-state index in [1.165, 1.54) is 19.3 Å². The summed E-state index contributed by atoms with van der Waals surface area (Å²) < 4.78 is 10.5. The van der Waals surface area contributed by atoms with E-state index in [-0.39, 0.29) is 0 Å². The predicted molar refractivity (Wildman–Crippen MR) is 62.9 cm³/mol. The summed E-state index contributed by atoms with van der Waals surface area (Å²) in [5, 5.41) is 0. The van der Waals surface area contributed by atoms with Crippen molar-refractivity contribution in [3.05, 3.63) is 17.3 Å². The van der Waals surface area contributed by atoms with Gasteiger partial charge in [0.1, 0.15) is 0 Å². The first-order valence-corrected chi connectivity index (χ1v) is 6.40. The average molecular weight is 237 g/mol. The molecule has 0 radical (unpaired) electrons. The minimum atomic E-state index is -0.392. The second-order valence-corrected chi connectivity index (χ2v) is 4.46. The Morgan fingerprint density at radius 2 is 2.24 bits per heavy atom. The normalized spacial score (nSPS) is 15.6. The minimum absolute atomic E-state index is 0.295. The Labute approximate surface area is 101 Å². The van der Waals surface area contributed by atoms with Gasteiger partial charge in [-0.05, 0) is 32.1 Å². The first-order valence-electron chi connectivity index (χ1n) is 6.40. The standard InChI is InChI=1S/C13H19NO3/c1-3-10-12(13(15)16-4-2)17-11(14-10)8-9-6-5-7-9/h9H,3-8H2,1-2H3. The molecule has 0 bridgehead atoms. The number of carbonyl (C=O) groups excluding carboxylic acids is 1. The summed E-state index contributed by atoms with van der Waals surface area (Å²) >= 11 is 0. The van der Waals surface area contributed by atoms with Gasteiger partial charge in [-0.3, -0.25) is 0 Å². The smallest absolute Gasteiger partial charge is 0.376 e. The van der Waals surface area contributed by atoms with Crippen LogP contribution < -0.4 is 0 Å². The molecule has 1 aliphatic rings. The Morgan fingerprint density at radius 1 is 1.47 bits per heavy atom. The highest BCUT2D eigenvalue weighted by molar-refractivity contribution is 5.87. The fourth-order valence-corrected chi connectivity index (χ4v) is 2.03. The Bertz CT molecular complexity index is 393. The van der Waals surface area contributed by atoms with E-state index < -0.39 is 5.97 Å². The van der Waals surface area contributed by atoms with Crippen LogP contribution in [0.15, 0.2) is 4.42 Å². The third-order valence-corrected chi connectivity index (χ3v) is 3.23. The van der Waals surface area contributed by atoms with E-state index in [1.54, 1.807) is 6.92 Å². The zero-order valence-corrected chi connectivity index (χ0v) is 10.5. The van der Waals surface area contributed by atoms with Gasteiger partial charge in [-0.2, -0.15) is 0 Å². The molecule has 0 unspecified atom stereocenters. The summed E-state index contributed by atoms with van der Waals surface area (Å²) in [6, 6.07) is 0. The summed E-state index contributed by atoms with van der Waals surface area (Å²) in [5.74, 6) is 1.28. The lowest BCUT2D eigenvalue weighted by atomic mass is 9.83. The molecule has 0 atom stereocenters. The van der Waals surface area contributed by atoms with Crippen LogP contribution in [0.4, 0.5) is 0 Å². The van der Waals surface area contributed by atoms with E-state index in [9.17, 15) is 4.79 Å². The summed E-state index contributed by atoms with van der Waals surface area (Å²) in [6.07, 6.45) is 5.35. The molecule has 1 aliphatic carbocycles. The van der Waals surface area contributed by atoms with Crippen LogP contribution in [0.2, 0.25) is 0 Å². The lowest BCUT2D eigenvalue weighted by Gasteiger charge is -2.23. The number of aromatic nitrogens is 1.